The highest BCUT2D eigenvalue weighted by Gasteiger charge is 2.23. The zero-order chi connectivity index (χ0) is 20.7. The predicted octanol–water partition coefficient (Wildman–Crippen LogP) is 2.39. The number of hydrogen-bond donors (Lipinski definition) is 4. The molecule has 4 aromatic rings. The number of H-pyrrole nitrogens is 1. The van der Waals surface area contributed by atoms with Gasteiger partial charge in [-0.25, -0.2) is 14.8 Å². The first-order chi connectivity index (χ1) is 14.6. The van der Waals surface area contributed by atoms with E-state index in [4.69, 9.17) is 11.5 Å². The Morgan fingerprint density at radius 2 is 1.90 bits per heavy atom. The van der Waals surface area contributed by atoms with Gasteiger partial charge in [0.1, 0.15) is 17.2 Å². The quantitative estimate of drug-likeness (QED) is 0.391. The molecule has 6 N–H and O–H groups in total. The number of imidazole rings is 2. The number of nitrogens with one attached hydrogen (secondary N) is 2. The summed E-state index contributed by atoms with van der Waals surface area (Å²) in [5, 5.41) is 3.12. The molecule has 2 aromatic heterocycles. The van der Waals surface area contributed by atoms with Gasteiger partial charge in [-0.1, -0.05) is 30.3 Å². The van der Waals surface area contributed by atoms with Gasteiger partial charge in [0.25, 0.3) is 0 Å². The minimum atomic E-state index is -0.238. The van der Waals surface area contributed by atoms with E-state index in [1.165, 1.54) is 0 Å². The van der Waals surface area contributed by atoms with Crippen molar-refractivity contribution in [1.29, 1.82) is 0 Å². The van der Waals surface area contributed by atoms with Crippen molar-refractivity contribution in [2.24, 2.45) is 4.99 Å². The Bertz CT molecular complexity index is 1330. The fourth-order valence-corrected chi connectivity index (χ4v) is 3.64. The van der Waals surface area contributed by atoms with Crippen molar-refractivity contribution >= 4 is 29.3 Å². The Morgan fingerprint density at radius 1 is 1.03 bits per heavy atom. The summed E-state index contributed by atoms with van der Waals surface area (Å²) in [5.74, 6) is 1.25. The third kappa shape index (κ3) is 3.02. The predicted molar refractivity (Wildman–Crippen MR) is 118 cm³/mol. The van der Waals surface area contributed by atoms with E-state index >= 15 is 0 Å². The third-order valence-electron chi connectivity index (χ3n) is 5.11. The second-order valence-corrected chi connectivity index (χ2v) is 7.13. The zero-order valence-corrected chi connectivity index (χ0v) is 16.0. The Labute approximate surface area is 171 Å². The van der Waals surface area contributed by atoms with Crippen LogP contribution < -0.4 is 22.5 Å². The van der Waals surface area contributed by atoms with Crippen LogP contribution in [0.1, 0.15) is 11.1 Å². The summed E-state index contributed by atoms with van der Waals surface area (Å²) in [6.45, 7) is 0.892. The SMILES string of the molecule is Nc1cccc(Cn2c3c([nH]c2=O)-c2ncn(Cc4ccccc4N)c2N=CN3)c1. The summed E-state index contributed by atoms with van der Waals surface area (Å²) < 4.78 is 3.52. The lowest BCUT2D eigenvalue weighted by Crippen LogP contribution is -2.19. The molecule has 2 aromatic carbocycles. The second kappa shape index (κ2) is 6.96. The Morgan fingerprint density at radius 3 is 2.73 bits per heavy atom. The van der Waals surface area contributed by atoms with E-state index in [0.29, 0.717) is 47.5 Å². The average molecular weight is 400 g/mol. The number of nitrogens with two attached hydrogens (primary N) is 2. The normalized spacial score (nSPS) is 12.1. The van der Waals surface area contributed by atoms with Gasteiger partial charge in [0.05, 0.1) is 25.8 Å². The molecule has 9 nitrogen and oxygen atoms in total. The van der Waals surface area contributed by atoms with Crippen molar-refractivity contribution in [2.45, 2.75) is 13.1 Å². The monoisotopic (exact) mass is 400 g/mol. The number of aliphatic imine (C=N–C) groups is 1. The molecule has 0 atom stereocenters. The van der Waals surface area contributed by atoms with Gasteiger partial charge in [-0.05, 0) is 29.3 Å². The largest absolute Gasteiger partial charge is 0.399 e. The zero-order valence-electron chi connectivity index (χ0n) is 16.0. The number of hydrogen-bond acceptors (Lipinski definition) is 6. The number of para-hydroxylation sites is 1. The van der Waals surface area contributed by atoms with E-state index in [-0.39, 0.29) is 5.69 Å². The van der Waals surface area contributed by atoms with Crippen molar-refractivity contribution in [2.75, 3.05) is 16.8 Å². The van der Waals surface area contributed by atoms with E-state index in [2.05, 4.69) is 20.3 Å². The number of aromatic amines is 1. The maximum atomic E-state index is 12.7. The molecule has 3 heterocycles. The van der Waals surface area contributed by atoms with Crippen molar-refractivity contribution in [1.82, 2.24) is 19.1 Å². The lowest BCUT2D eigenvalue weighted by Gasteiger charge is -2.08. The summed E-state index contributed by atoms with van der Waals surface area (Å²) in [6.07, 6.45) is 3.28. The van der Waals surface area contributed by atoms with Crippen LogP contribution >= 0.6 is 0 Å². The molecule has 0 fully saturated rings. The lowest BCUT2D eigenvalue weighted by molar-refractivity contribution is 0.771. The van der Waals surface area contributed by atoms with Gasteiger partial charge in [-0.3, -0.25) is 4.57 Å². The van der Waals surface area contributed by atoms with Crippen LogP contribution in [-0.4, -0.2) is 25.4 Å². The van der Waals surface area contributed by atoms with E-state index in [1.807, 2.05) is 53.1 Å². The topological polar surface area (TPSA) is 132 Å². The fourth-order valence-electron chi connectivity index (χ4n) is 3.64. The number of benzene rings is 2. The molecular weight excluding hydrogens is 380 g/mol. The Kier molecular flexibility index (Phi) is 4.13. The molecule has 0 unspecified atom stereocenters. The van der Waals surface area contributed by atoms with Gasteiger partial charge in [0, 0.05) is 11.4 Å². The minimum absolute atomic E-state index is 0.238. The standard InChI is InChI=1S/C21H20N8O/c22-15-6-3-4-13(8-15)9-29-20-18(27-21(29)30)17-19(24-11-25-20)28(12-26-17)10-14-5-1-2-7-16(14)23/h1-8,11-12H,9-10,22-23H2,(H,24,25)(H,27,30). The van der Waals surface area contributed by atoms with E-state index in [9.17, 15) is 4.79 Å². The average Bonchev–Trinajstić information content (AvgIpc) is 3.19. The van der Waals surface area contributed by atoms with Crippen molar-refractivity contribution < 1.29 is 0 Å². The maximum Gasteiger partial charge on any atom is 0.327 e. The maximum absolute atomic E-state index is 12.7. The van der Waals surface area contributed by atoms with Gasteiger partial charge >= 0.3 is 5.69 Å². The van der Waals surface area contributed by atoms with E-state index in [0.717, 1.165) is 11.1 Å². The summed E-state index contributed by atoms with van der Waals surface area (Å²) >= 11 is 0. The minimum Gasteiger partial charge on any atom is -0.399 e. The lowest BCUT2D eigenvalue weighted by atomic mass is 10.2. The molecular formula is C21H20N8O. The second-order valence-electron chi connectivity index (χ2n) is 7.13. The molecule has 0 saturated carbocycles. The molecule has 0 radical (unpaired) electrons. The molecule has 1 aliphatic heterocycles. The number of fused-ring (bicyclic) bond motifs is 3. The highest BCUT2D eigenvalue weighted by Crippen LogP contribution is 2.34. The van der Waals surface area contributed by atoms with Crippen LogP contribution in [0.15, 0.2) is 64.6 Å². The number of rotatable bonds is 4. The van der Waals surface area contributed by atoms with Crippen LogP contribution in [0, 0.1) is 0 Å². The Balaban J connectivity index is 1.55. The summed E-state index contributed by atoms with van der Waals surface area (Å²) in [6, 6.07) is 15.1. The molecule has 0 saturated heterocycles. The van der Waals surface area contributed by atoms with Crippen LogP contribution in [0.4, 0.5) is 23.0 Å². The van der Waals surface area contributed by atoms with Crippen LogP contribution in [0.2, 0.25) is 0 Å². The first-order valence-corrected chi connectivity index (χ1v) is 9.45. The fraction of sp³-hybridized carbons (Fsp3) is 0.0952. The molecule has 0 amide bonds. The summed E-state index contributed by atoms with van der Waals surface area (Å²) in [4.78, 5) is 24.7. The van der Waals surface area contributed by atoms with Crippen LogP contribution in [-0.2, 0) is 13.1 Å². The van der Waals surface area contributed by atoms with Crippen molar-refractivity contribution in [3.05, 3.63) is 76.5 Å². The van der Waals surface area contributed by atoms with Crippen molar-refractivity contribution in [3.63, 3.8) is 0 Å². The van der Waals surface area contributed by atoms with Gasteiger partial charge in [0.2, 0.25) is 0 Å². The molecule has 0 aliphatic carbocycles. The number of anilines is 3. The van der Waals surface area contributed by atoms with E-state index < -0.39 is 0 Å². The molecule has 9 heteroatoms. The molecule has 150 valence electrons. The van der Waals surface area contributed by atoms with Crippen LogP contribution in [0.3, 0.4) is 0 Å². The molecule has 5 rings (SSSR count). The van der Waals surface area contributed by atoms with Gasteiger partial charge in [0.15, 0.2) is 5.82 Å². The highest BCUT2D eigenvalue weighted by atomic mass is 16.1. The number of nitrogen functional groups attached to an aromatic ring is 2. The van der Waals surface area contributed by atoms with Crippen LogP contribution in [0.25, 0.3) is 11.4 Å². The summed E-state index contributed by atoms with van der Waals surface area (Å²) in [7, 11) is 0. The molecule has 30 heavy (non-hydrogen) atoms. The third-order valence-corrected chi connectivity index (χ3v) is 5.11. The van der Waals surface area contributed by atoms with Gasteiger partial charge in [-0.2, -0.15) is 0 Å². The van der Waals surface area contributed by atoms with E-state index in [1.54, 1.807) is 17.2 Å². The van der Waals surface area contributed by atoms with Crippen LogP contribution in [0.5, 0.6) is 0 Å². The van der Waals surface area contributed by atoms with Gasteiger partial charge < -0.3 is 26.3 Å². The molecule has 1 aliphatic rings. The highest BCUT2D eigenvalue weighted by molar-refractivity contribution is 5.90. The smallest absolute Gasteiger partial charge is 0.327 e. The summed E-state index contributed by atoms with van der Waals surface area (Å²) in [5.41, 5.74) is 16.2. The first-order valence-electron chi connectivity index (χ1n) is 9.45. The number of nitrogens with zero attached hydrogens (tertiary/aromatic N) is 4. The molecule has 0 bridgehead atoms. The Hall–Kier alpha value is -4.27. The van der Waals surface area contributed by atoms with Gasteiger partial charge in [-0.15, -0.1) is 0 Å². The first kappa shape index (κ1) is 17.8. The van der Waals surface area contributed by atoms with Crippen molar-refractivity contribution in [3.8, 4) is 11.4 Å². The number of aromatic nitrogens is 4. The molecule has 0 spiro atoms.